The molecule has 2 fully saturated rings. The minimum Gasteiger partial charge on any atom is -0.399 e. The van der Waals surface area contributed by atoms with Crippen molar-refractivity contribution in [1.29, 1.82) is 0 Å². The number of nitrogen functional groups attached to an aromatic ring is 1. The zero-order valence-electron chi connectivity index (χ0n) is 10.3. The Bertz CT molecular complexity index is 680. The van der Waals surface area contributed by atoms with Crippen LogP contribution in [-0.2, 0) is 4.74 Å². The molecule has 98 valence electrons. The molecule has 0 aromatic carbocycles. The maximum atomic E-state index is 12.4. The highest BCUT2D eigenvalue weighted by Crippen LogP contribution is 2.48. The number of carbonyl (C=O) groups excluding carboxylic acids is 1. The molecule has 1 amide bonds. The van der Waals surface area contributed by atoms with Crippen LogP contribution < -0.4 is 11.1 Å². The van der Waals surface area contributed by atoms with Crippen molar-refractivity contribution >= 4 is 17.1 Å². The van der Waals surface area contributed by atoms with E-state index in [0.29, 0.717) is 23.8 Å². The van der Waals surface area contributed by atoms with Crippen molar-refractivity contribution in [3.05, 3.63) is 30.1 Å². The van der Waals surface area contributed by atoms with Crippen molar-refractivity contribution < 1.29 is 9.53 Å². The Kier molecular flexibility index (Phi) is 1.98. The first-order valence-electron chi connectivity index (χ1n) is 6.31. The third kappa shape index (κ3) is 1.53. The van der Waals surface area contributed by atoms with Gasteiger partial charge in [-0.15, -0.1) is 0 Å². The molecule has 1 aliphatic carbocycles. The second-order valence-corrected chi connectivity index (χ2v) is 5.37. The minimum atomic E-state index is -0.133. The summed E-state index contributed by atoms with van der Waals surface area (Å²) in [4.78, 5) is 12.4. The molecule has 1 saturated heterocycles. The zero-order valence-corrected chi connectivity index (χ0v) is 10.3. The van der Waals surface area contributed by atoms with Crippen molar-refractivity contribution in [2.45, 2.75) is 12.0 Å². The van der Waals surface area contributed by atoms with Gasteiger partial charge in [-0.1, -0.05) is 0 Å². The Balaban J connectivity index is 1.66. The van der Waals surface area contributed by atoms with E-state index in [0.717, 1.165) is 18.5 Å². The average molecular weight is 258 g/mol. The summed E-state index contributed by atoms with van der Waals surface area (Å²) in [7, 11) is 0. The number of aromatic nitrogens is 2. The lowest BCUT2D eigenvalue weighted by Gasteiger charge is -2.13. The van der Waals surface area contributed by atoms with Crippen LogP contribution in [0.15, 0.2) is 24.5 Å². The Morgan fingerprint density at radius 2 is 2.53 bits per heavy atom. The van der Waals surface area contributed by atoms with Crippen molar-refractivity contribution in [1.82, 2.24) is 14.9 Å². The largest absolute Gasteiger partial charge is 0.399 e. The van der Waals surface area contributed by atoms with Crippen LogP contribution in [-0.4, -0.2) is 34.3 Å². The second-order valence-electron chi connectivity index (χ2n) is 5.37. The molecule has 4 rings (SSSR count). The van der Waals surface area contributed by atoms with Gasteiger partial charge in [0, 0.05) is 17.8 Å². The molecule has 0 spiro atoms. The van der Waals surface area contributed by atoms with Crippen LogP contribution in [0.2, 0.25) is 0 Å². The van der Waals surface area contributed by atoms with Crippen molar-refractivity contribution in [2.24, 2.45) is 5.92 Å². The summed E-state index contributed by atoms with van der Waals surface area (Å²) >= 11 is 0. The fourth-order valence-electron chi connectivity index (χ4n) is 2.81. The number of anilines is 1. The molecule has 19 heavy (non-hydrogen) atoms. The number of hydrogen-bond acceptors (Lipinski definition) is 4. The maximum Gasteiger partial charge on any atom is 0.255 e. The van der Waals surface area contributed by atoms with Gasteiger partial charge in [-0.25, -0.2) is 4.52 Å². The second kappa shape index (κ2) is 3.48. The maximum absolute atomic E-state index is 12.4. The van der Waals surface area contributed by atoms with Crippen LogP contribution in [0, 0.1) is 5.92 Å². The number of pyridine rings is 1. The van der Waals surface area contributed by atoms with Crippen LogP contribution in [0.3, 0.4) is 0 Å². The Morgan fingerprint density at radius 1 is 1.63 bits per heavy atom. The highest BCUT2D eigenvalue weighted by atomic mass is 16.5. The van der Waals surface area contributed by atoms with Crippen molar-refractivity contribution in [3.8, 4) is 0 Å². The molecule has 0 radical (unpaired) electrons. The summed E-state index contributed by atoms with van der Waals surface area (Å²) in [6.07, 6.45) is 4.34. The summed E-state index contributed by atoms with van der Waals surface area (Å²) in [5.41, 5.74) is 7.52. The molecule has 0 bridgehead atoms. The average Bonchev–Trinajstić information content (AvgIpc) is 2.74. The van der Waals surface area contributed by atoms with E-state index in [1.807, 2.05) is 0 Å². The number of fused-ring (bicyclic) bond motifs is 2. The van der Waals surface area contributed by atoms with E-state index < -0.39 is 0 Å². The van der Waals surface area contributed by atoms with Gasteiger partial charge in [0.15, 0.2) is 0 Å². The van der Waals surface area contributed by atoms with Crippen LogP contribution in [0.4, 0.5) is 5.69 Å². The summed E-state index contributed by atoms with van der Waals surface area (Å²) in [6.45, 7) is 1.37. The number of carbonyl (C=O) groups is 1. The molecule has 2 aliphatic rings. The molecule has 2 aromatic heterocycles. The molecule has 2 atom stereocenters. The number of hydrogen-bond donors (Lipinski definition) is 2. The van der Waals surface area contributed by atoms with Crippen LogP contribution in [0.5, 0.6) is 0 Å². The van der Waals surface area contributed by atoms with Gasteiger partial charge in [0.1, 0.15) is 0 Å². The van der Waals surface area contributed by atoms with Gasteiger partial charge >= 0.3 is 0 Å². The lowest BCUT2D eigenvalue weighted by Crippen LogP contribution is -2.39. The number of nitrogens with two attached hydrogens (primary N) is 1. The molecule has 2 aromatic rings. The summed E-state index contributed by atoms with van der Waals surface area (Å²) in [6, 6.07) is 3.51. The van der Waals surface area contributed by atoms with Gasteiger partial charge in [0.25, 0.3) is 5.91 Å². The smallest absolute Gasteiger partial charge is 0.255 e. The minimum absolute atomic E-state index is 0.103. The summed E-state index contributed by atoms with van der Waals surface area (Å²) < 4.78 is 7.03. The standard InChI is InChI=1S/C13H14N4O2/c14-9-1-2-17-11(3-9)10(5-15-17)12(18)16-13-4-8(13)6-19-7-13/h1-3,5,8H,4,6-7,14H2,(H,16,18)/t8-,13-/m0/s1. The first-order chi connectivity index (χ1) is 9.18. The monoisotopic (exact) mass is 258 g/mol. The van der Waals surface area contributed by atoms with E-state index in [1.165, 1.54) is 0 Å². The highest BCUT2D eigenvalue weighted by molar-refractivity contribution is 6.01. The lowest BCUT2D eigenvalue weighted by atomic mass is 10.2. The molecule has 1 aliphatic heterocycles. The first-order valence-corrected chi connectivity index (χ1v) is 6.31. The van der Waals surface area contributed by atoms with Crippen LogP contribution in [0.1, 0.15) is 16.8 Å². The number of nitrogens with zero attached hydrogens (tertiary/aromatic N) is 2. The molecular weight excluding hydrogens is 244 g/mol. The SMILES string of the molecule is Nc1ccn2ncc(C(=O)N[C@@]34COC[C@@H]3C4)c2c1. The number of ether oxygens (including phenoxy) is 1. The van der Waals surface area contributed by atoms with E-state index in [-0.39, 0.29) is 11.4 Å². The van der Waals surface area contributed by atoms with Gasteiger partial charge in [-0.05, 0) is 18.6 Å². The highest BCUT2D eigenvalue weighted by Gasteiger charge is 2.59. The Morgan fingerprint density at radius 3 is 3.26 bits per heavy atom. The van der Waals surface area contributed by atoms with Gasteiger partial charge in [-0.2, -0.15) is 5.10 Å². The molecule has 3 N–H and O–H groups in total. The molecular formula is C13H14N4O2. The van der Waals surface area contributed by atoms with Gasteiger partial charge in [0.2, 0.25) is 0 Å². The third-order valence-electron chi connectivity index (χ3n) is 4.06. The summed E-state index contributed by atoms with van der Waals surface area (Å²) in [5, 5.41) is 7.25. The third-order valence-corrected chi connectivity index (χ3v) is 4.06. The zero-order chi connectivity index (χ0) is 13.0. The fraction of sp³-hybridized carbons (Fsp3) is 0.385. The topological polar surface area (TPSA) is 81.7 Å². The number of amides is 1. The van der Waals surface area contributed by atoms with E-state index in [9.17, 15) is 4.79 Å². The molecule has 6 heteroatoms. The molecule has 6 nitrogen and oxygen atoms in total. The Labute approximate surface area is 109 Å². The number of nitrogens with one attached hydrogen (secondary N) is 1. The normalized spacial score (nSPS) is 28.3. The van der Waals surface area contributed by atoms with Crippen LogP contribution in [0.25, 0.3) is 5.52 Å². The molecule has 0 unspecified atom stereocenters. The van der Waals surface area contributed by atoms with Crippen molar-refractivity contribution in [2.75, 3.05) is 18.9 Å². The van der Waals surface area contributed by atoms with E-state index >= 15 is 0 Å². The Hall–Kier alpha value is -2.08. The lowest BCUT2D eigenvalue weighted by molar-refractivity contribution is 0.0907. The predicted octanol–water partition coefficient (Wildman–Crippen LogP) is 0.435. The van der Waals surface area contributed by atoms with E-state index in [2.05, 4.69) is 10.4 Å². The predicted molar refractivity (Wildman–Crippen MR) is 68.7 cm³/mol. The fourth-order valence-corrected chi connectivity index (χ4v) is 2.81. The van der Waals surface area contributed by atoms with E-state index in [1.54, 1.807) is 29.0 Å². The molecule has 3 heterocycles. The first kappa shape index (κ1) is 10.8. The van der Waals surface area contributed by atoms with Crippen molar-refractivity contribution in [3.63, 3.8) is 0 Å². The van der Waals surface area contributed by atoms with Crippen LogP contribution >= 0.6 is 0 Å². The van der Waals surface area contributed by atoms with E-state index in [4.69, 9.17) is 10.5 Å². The molecule has 1 saturated carbocycles. The summed E-state index contributed by atoms with van der Waals surface area (Å²) in [5.74, 6) is 0.372. The van der Waals surface area contributed by atoms with Gasteiger partial charge in [-0.3, -0.25) is 4.79 Å². The quantitative estimate of drug-likeness (QED) is 0.818. The van der Waals surface area contributed by atoms with Gasteiger partial charge < -0.3 is 15.8 Å². The number of rotatable bonds is 2. The van der Waals surface area contributed by atoms with Gasteiger partial charge in [0.05, 0.1) is 36.0 Å².